The number of carbonyl (C=O) groups is 1. The van der Waals surface area contributed by atoms with Gasteiger partial charge in [0, 0.05) is 18.7 Å². The number of sulfonamides is 1. The number of nitrogens with one attached hydrogen (secondary N) is 1. The maximum Gasteiger partial charge on any atom is 0.255 e. The van der Waals surface area contributed by atoms with E-state index in [1.807, 2.05) is 12.3 Å². The summed E-state index contributed by atoms with van der Waals surface area (Å²) in [7, 11) is -3.51. The van der Waals surface area contributed by atoms with Crippen molar-refractivity contribution in [2.45, 2.75) is 35.6 Å². The van der Waals surface area contributed by atoms with E-state index < -0.39 is 10.0 Å². The highest BCUT2D eigenvalue weighted by molar-refractivity contribution is 7.98. The normalized spacial score (nSPS) is 15.9. The van der Waals surface area contributed by atoms with Gasteiger partial charge in [-0.25, -0.2) is 13.4 Å². The topological polar surface area (TPSA) is 79.4 Å². The van der Waals surface area contributed by atoms with Crippen molar-refractivity contribution in [2.75, 3.05) is 24.7 Å². The molecule has 1 aromatic heterocycles. The van der Waals surface area contributed by atoms with Crippen molar-refractivity contribution in [3.8, 4) is 0 Å². The van der Waals surface area contributed by atoms with Crippen LogP contribution in [0.5, 0.6) is 0 Å². The fraction of sp³-hybridized carbons (Fsp3) is 0.368. The minimum Gasteiger partial charge on any atom is -0.321 e. The lowest BCUT2D eigenvalue weighted by atomic mass is 10.2. The molecule has 3 rings (SSSR count). The molecule has 1 fully saturated rings. The minimum absolute atomic E-state index is 0.229. The van der Waals surface area contributed by atoms with Gasteiger partial charge in [0.1, 0.15) is 0 Å². The van der Waals surface area contributed by atoms with Gasteiger partial charge < -0.3 is 5.32 Å². The van der Waals surface area contributed by atoms with Crippen LogP contribution in [0.4, 0.5) is 5.69 Å². The number of thioether (sulfide) groups is 1. The van der Waals surface area contributed by atoms with Crippen molar-refractivity contribution >= 4 is 33.4 Å². The van der Waals surface area contributed by atoms with Crippen LogP contribution in [0.1, 0.15) is 36.0 Å². The summed E-state index contributed by atoms with van der Waals surface area (Å²) in [5, 5.41) is 3.64. The van der Waals surface area contributed by atoms with Crippen LogP contribution >= 0.6 is 11.8 Å². The first-order chi connectivity index (χ1) is 13.0. The maximum absolute atomic E-state index is 12.8. The molecule has 6 nitrogen and oxygen atoms in total. The molecule has 1 aliphatic rings. The zero-order chi connectivity index (χ0) is 19.3. The molecule has 1 amide bonds. The Morgan fingerprint density at radius 3 is 2.26 bits per heavy atom. The predicted molar refractivity (Wildman–Crippen MR) is 108 cm³/mol. The molecule has 0 radical (unpaired) electrons. The highest BCUT2D eigenvalue weighted by Gasteiger charge is 2.25. The van der Waals surface area contributed by atoms with E-state index >= 15 is 0 Å². The van der Waals surface area contributed by atoms with Crippen molar-refractivity contribution in [3.63, 3.8) is 0 Å². The van der Waals surface area contributed by atoms with Crippen LogP contribution in [0.2, 0.25) is 0 Å². The van der Waals surface area contributed by atoms with E-state index in [-0.39, 0.29) is 10.8 Å². The Labute approximate surface area is 164 Å². The predicted octanol–water partition coefficient (Wildman–Crippen LogP) is 3.62. The van der Waals surface area contributed by atoms with Crippen molar-refractivity contribution < 1.29 is 13.2 Å². The van der Waals surface area contributed by atoms with E-state index in [0.717, 1.165) is 30.7 Å². The summed E-state index contributed by atoms with van der Waals surface area (Å²) in [4.78, 5) is 16.8. The lowest BCUT2D eigenvalue weighted by Gasteiger charge is -2.20. The van der Waals surface area contributed by atoms with Crippen LogP contribution in [-0.4, -0.2) is 43.0 Å². The van der Waals surface area contributed by atoms with Crippen LogP contribution in [-0.2, 0) is 10.0 Å². The number of pyridine rings is 1. The van der Waals surface area contributed by atoms with Gasteiger partial charge >= 0.3 is 0 Å². The first-order valence-corrected chi connectivity index (χ1v) is 11.6. The third-order valence-corrected chi connectivity index (χ3v) is 7.10. The number of hydrogen-bond acceptors (Lipinski definition) is 5. The molecule has 0 aliphatic carbocycles. The molecular weight excluding hydrogens is 382 g/mol. The summed E-state index contributed by atoms with van der Waals surface area (Å²) < 4.78 is 27.1. The number of hydrogen-bond donors (Lipinski definition) is 1. The van der Waals surface area contributed by atoms with Gasteiger partial charge in [0.25, 0.3) is 5.91 Å². The monoisotopic (exact) mass is 405 g/mol. The van der Waals surface area contributed by atoms with Crippen LogP contribution in [0.15, 0.2) is 52.5 Å². The van der Waals surface area contributed by atoms with Crippen molar-refractivity contribution in [3.05, 3.63) is 48.2 Å². The Bertz CT molecular complexity index is 873. The zero-order valence-electron chi connectivity index (χ0n) is 15.2. The van der Waals surface area contributed by atoms with E-state index in [1.165, 1.54) is 23.9 Å². The number of benzene rings is 1. The Morgan fingerprint density at radius 2 is 1.70 bits per heavy atom. The molecule has 0 saturated carbocycles. The Morgan fingerprint density at radius 1 is 1.04 bits per heavy atom. The first kappa shape index (κ1) is 19.9. The Hall–Kier alpha value is -1.90. The SMILES string of the molecule is CSc1ccc(NC(=O)c2ccc(S(=O)(=O)N3CCCCCC3)cc2)cn1. The number of carbonyl (C=O) groups excluding carboxylic acids is 1. The molecule has 27 heavy (non-hydrogen) atoms. The molecule has 0 atom stereocenters. The molecule has 0 spiro atoms. The molecule has 144 valence electrons. The number of aromatic nitrogens is 1. The van der Waals surface area contributed by atoms with Gasteiger partial charge in [0.15, 0.2) is 0 Å². The summed E-state index contributed by atoms with van der Waals surface area (Å²) >= 11 is 1.52. The second-order valence-electron chi connectivity index (χ2n) is 6.39. The summed E-state index contributed by atoms with van der Waals surface area (Å²) in [6.45, 7) is 1.12. The second-order valence-corrected chi connectivity index (χ2v) is 9.15. The van der Waals surface area contributed by atoms with E-state index in [2.05, 4.69) is 10.3 Å². The third kappa shape index (κ3) is 4.88. The zero-order valence-corrected chi connectivity index (χ0v) is 16.9. The lowest BCUT2D eigenvalue weighted by molar-refractivity contribution is 0.102. The fourth-order valence-corrected chi connectivity index (χ4v) is 4.87. The number of amides is 1. The van der Waals surface area contributed by atoms with E-state index in [4.69, 9.17) is 0 Å². The number of anilines is 1. The first-order valence-electron chi connectivity index (χ1n) is 8.92. The number of rotatable bonds is 5. The van der Waals surface area contributed by atoms with Crippen LogP contribution in [0, 0.1) is 0 Å². The van der Waals surface area contributed by atoms with Crippen molar-refractivity contribution in [1.82, 2.24) is 9.29 Å². The average molecular weight is 406 g/mol. The van der Waals surface area contributed by atoms with Gasteiger partial charge in [-0.05, 0) is 55.5 Å². The molecule has 0 unspecified atom stereocenters. The summed E-state index contributed by atoms with van der Waals surface area (Å²) in [5.74, 6) is -0.299. The highest BCUT2D eigenvalue weighted by atomic mass is 32.2. The molecular formula is C19H23N3O3S2. The van der Waals surface area contributed by atoms with Crippen LogP contribution in [0.3, 0.4) is 0 Å². The van der Waals surface area contributed by atoms with E-state index in [1.54, 1.807) is 28.7 Å². The van der Waals surface area contributed by atoms with E-state index in [0.29, 0.717) is 24.3 Å². The summed E-state index contributed by atoms with van der Waals surface area (Å²) in [6, 6.07) is 9.72. The highest BCUT2D eigenvalue weighted by Crippen LogP contribution is 2.21. The van der Waals surface area contributed by atoms with Gasteiger partial charge in [-0.15, -0.1) is 11.8 Å². The Kier molecular flexibility index (Phi) is 6.51. The van der Waals surface area contributed by atoms with E-state index in [9.17, 15) is 13.2 Å². The standard InChI is InChI=1S/C19H23N3O3S2/c1-26-18-11-8-16(14-20-18)21-19(23)15-6-9-17(10-7-15)27(24,25)22-12-4-2-3-5-13-22/h6-11,14H,2-5,12-13H2,1H3,(H,21,23). The molecule has 8 heteroatoms. The van der Waals surface area contributed by atoms with Gasteiger partial charge in [-0.3, -0.25) is 4.79 Å². The molecule has 2 heterocycles. The quantitative estimate of drug-likeness (QED) is 0.769. The van der Waals surface area contributed by atoms with Crippen LogP contribution < -0.4 is 5.32 Å². The molecule has 1 aromatic carbocycles. The van der Waals surface area contributed by atoms with Gasteiger partial charge in [-0.1, -0.05) is 12.8 Å². The van der Waals surface area contributed by atoms with Crippen LogP contribution in [0.25, 0.3) is 0 Å². The van der Waals surface area contributed by atoms with Crippen molar-refractivity contribution in [1.29, 1.82) is 0 Å². The fourth-order valence-electron chi connectivity index (χ4n) is 2.99. The maximum atomic E-state index is 12.8. The lowest BCUT2D eigenvalue weighted by Crippen LogP contribution is -2.31. The smallest absolute Gasteiger partial charge is 0.255 e. The average Bonchev–Trinajstić information content (AvgIpc) is 2.99. The second kappa shape index (κ2) is 8.86. The molecule has 1 N–H and O–H groups in total. The molecule has 2 aromatic rings. The largest absolute Gasteiger partial charge is 0.321 e. The summed E-state index contributed by atoms with van der Waals surface area (Å²) in [5.41, 5.74) is 0.998. The third-order valence-electron chi connectivity index (χ3n) is 4.52. The molecule has 1 aliphatic heterocycles. The molecule has 1 saturated heterocycles. The van der Waals surface area contributed by atoms with Gasteiger partial charge in [-0.2, -0.15) is 4.31 Å². The van der Waals surface area contributed by atoms with Gasteiger partial charge in [0.05, 0.1) is 21.8 Å². The minimum atomic E-state index is -3.51. The Balaban J connectivity index is 1.70. The molecule has 0 bridgehead atoms. The van der Waals surface area contributed by atoms with Gasteiger partial charge in [0.2, 0.25) is 10.0 Å². The number of nitrogens with zero attached hydrogens (tertiary/aromatic N) is 2. The van der Waals surface area contributed by atoms with Crippen molar-refractivity contribution in [2.24, 2.45) is 0 Å². The summed E-state index contributed by atoms with van der Waals surface area (Å²) in [6.07, 6.45) is 7.45.